The first-order chi connectivity index (χ1) is 14.7. The predicted molar refractivity (Wildman–Crippen MR) is 138 cm³/mol. The molecule has 0 fully saturated rings. The molecule has 0 aliphatic rings. The Morgan fingerprint density at radius 3 is 2.71 bits per heavy atom. The highest BCUT2D eigenvalue weighted by atomic mass is 127. The molecule has 0 spiro atoms. The summed E-state index contributed by atoms with van der Waals surface area (Å²) in [6.07, 6.45) is 2.33. The van der Waals surface area contributed by atoms with E-state index in [1.54, 1.807) is 0 Å². The van der Waals surface area contributed by atoms with Gasteiger partial charge >= 0.3 is 0 Å². The van der Waals surface area contributed by atoms with Crippen LogP contribution in [0.1, 0.15) is 23.6 Å². The van der Waals surface area contributed by atoms with Crippen LogP contribution in [0.5, 0.6) is 0 Å². The molecule has 31 heavy (non-hydrogen) atoms. The summed E-state index contributed by atoms with van der Waals surface area (Å²) in [6, 6.07) is 16.3. The molecule has 0 amide bonds. The van der Waals surface area contributed by atoms with E-state index >= 15 is 0 Å². The maximum Gasteiger partial charge on any atom is 0.191 e. The topological polar surface area (TPSA) is 81.7 Å². The van der Waals surface area contributed by atoms with Crippen LogP contribution < -0.4 is 10.6 Å². The molecule has 0 saturated carbocycles. The third-order valence-corrected chi connectivity index (χ3v) is 4.92. The van der Waals surface area contributed by atoms with Gasteiger partial charge in [0.15, 0.2) is 5.96 Å². The van der Waals surface area contributed by atoms with E-state index in [-0.39, 0.29) is 37.1 Å². The number of benzene rings is 2. The summed E-state index contributed by atoms with van der Waals surface area (Å²) in [5.74, 6) is 0.704. The third-order valence-electron chi connectivity index (χ3n) is 4.92. The number of H-pyrrole nitrogens is 1. The van der Waals surface area contributed by atoms with Gasteiger partial charge < -0.3 is 25.5 Å². The van der Waals surface area contributed by atoms with Crippen LogP contribution in [0.3, 0.4) is 0 Å². The van der Waals surface area contributed by atoms with Crippen LogP contribution in [0.4, 0.5) is 0 Å². The quantitative estimate of drug-likeness (QED) is 0.181. The molecule has 2 aromatic carbocycles. The number of fused-ring (bicyclic) bond motifs is 1. The normalized spacial score (nSPS) is 12.4. The van der Waals surface area contributed by atoms with Gasteiger partial charge in [-0.15, -0.1) is 24.0 Å². The Bertz CT molecular complexity index is 943. The van der Waals surface area contributed by atoms with Crippen LogP contribution in [0.15, 0.2) is 59.7 Å². The Hall–Kier alpha value is -2.10. The zero-order chi connectivity index (χ0) is 21.2. The van der Waals surface area contributed by atoms with E-state index in [0.717, 1.165) is 25.1 Å². The second kappa shape index (κ2) is 13.3. The Morgan fingerprint density at radius 1 is 1.13 bits per heavy atom. The summed E-state index contributed by atoms with van der Waals surface area (Å²) in [5.41, 5.74) is 4.83. The van der Waals surface area contributed by atoms with Gasteiger partial charge in [-0.3, -0.25) is 4.99 Å². The number of aromatic nitrogens is 1. The highest BCUT2D eigenvalue weighted by molar-refractivity contribution is 14.0. The lowest BCUT2D eigenvalue weighted by Gasteiger charge is -2.13. The van der Waals surface area contributed by atoms with Gasteiger partial charge in [0.2, 0.25) is 0 Å². The molecule has 0 aliphatic carbocycles. The predicted octanol–water partition coefficient (Wildman–Crippen LogP) is 3.77. The highest BCUT2D eigenvalue weighted by Gasteiger charge is 2.07. The zero-order valence-electron chi connectivity index (χ0n) is 18.2. The maximum absolute atomic E-state index is 10.2. The number of aliphatic hydroxyl groups is 1. The van der Waals surface area contributed by atoms with Crippen molar-refractivity contribution < 1.29 is 9.84 Å². The fraction of sp³-hybridized carbons (Fsp3) is 0.375. The van der Waals surface area contributed by atoms with Crippen molar-refractivity contribution >= 4 is 40.8 Å². The van der Waals surface area contributed by atoms with Crippen molar-refractivity contribution in [2.24, 2.45) is 4.99 Å². The number of aryl methyl sites for hydroxylation is 1. The average Bonchev–Trinajstić information content (AvgIpc) is 3.17. The van der Waals surface area contributed by atoms with E-state index in [4.69, 9.17) is 4.74 Å². The van der Waals surface area contributed by atoms with Crippen molar-refractivity contribution in [1.82, 2.24) is 15.6 Å². The first-order valence-corrected chi connectivity index (χ1v) is 10.5. The Labute approximate surface area is 201 Å². The van der Waals surface area contributed by atoms with Gasteiger partial charge in [0, 0.05) is 30.2 Å². The minimum absolute atomic E-state index is 0. The fourth-order valence-corrected chi connectivity index (χ4v) is 3.36. The van der Waals surface area contributed by atoms with Gasteiger partial charge in [-0.05, 0) is 37.0 Å². The van der Waals surface area contributed by atoms with Crippen LogP contribution in [0.25, 0.3) is 10.9 Å². The average molecular weight is 536 g/mol. The summed E-state index contributed by atoms with van der Waals surface area (Å²) in [7, 11) is 0. The molecular formula is C24H33IN4O2. The Balaban J connectivity index is 0.00000341. The van der Waals surface area contributed by atoms with Gasteiger partial charge in [0.1, 0.15) is 0 Å². The molecular weight excluding hydrogens is 503 g/mol. The standard InChI is InChI=1S/C24H32N4O2.HI/c1-3-25-24(28-15-21(29)17-30-16-19-9-5-4-6-10-19)26-13-12-20-14-27-23-18(2)8-7-11-22(20)23;/h4-11,14,21,27,29H,3,12-13,15-17H2,1-2H3,(H2,25,26,28);1H. The van der Waals surface area contributed by atoms with Crippen LogP contribution in [-0.2, 0) is 17.8 Å². The summed E-state index contributed by atoms with van der Waals surface area (Å²) in [5, 5.41) is 18.0. The van der Waals surface area contributed by atoms with Crippen molar-refractivity contribution in [1.29, 1.82) is 0 Å². The lowest BCUT2D eigenvalue weighted by Crippen LogP contribution is -2.39. The minimum Gasteiger partial charge on any atom is -0.389 e. The van der Waals surface area contributed by atoms with Crippen molar-refractivity contribution in [2.45, 2.75) is 33.0 Å². The number of rotatable bonds is 10. The van der Waals surface area contributed by atoms with Gasteiger partial charge in [0.05, 0.1) is 25.9 Å². The Morgan fingerprint density at radius 2 is 1.94 bits per heavy atom. The second-order valence-electron chi connectivity index (χ2n) is 7.36. The van der Waals surface area contributed by atoms with Crippen molar-refractivity contribution in [3.8, 4) is 0 Å². The molecule has 6 nitrogen and oxygen atoms in total. The van der Waals surface area contributed by atoms with Crippen LogP contribution >= 0.6 is 24.0 Å². The summed E-state index contributed by atoms with van der Waals surface area (Å²) in [6.45, 7) is 6.70. The number of hydrogen-bond donors (Lipinski definition) is 4. The SMILES string of the molecule is CCNC(=NCC(O)COCc1ccccc1)NCCc1c[nH]c2c(C)cccc12.I. The summed E-state index contributed by atoms with van der Waals surface area (Å²) >= 11 is 0. The van der Waals surface area contributed by atoms with E-state index in [9.17, 15) is 5.11 Å². The largest absolute Gasteiger partial charge is 0.389 e. The van der Waals surface area contributed by atoms with E-state index < -0.39 is 6.10 Å². The number of hydrogen-bond acceptors (Lipinski definition) is 3. The van der Waals surface area contributed by atoms with Gasteiger partial charge in [-0.2, -0.15) is 0 Å². The molecule has 1 unspecified atom stereocenters. The highest BCUT2D eigenvalue weighted by Crippen LogP contribution is 2.21. The lowest BCUT2D eigenvalue weighted by molar-refractivity contribution is 0.0331. The minimum atomic E-state index is -0.638. The van der Waals surface area contributed by atoms with E-state index in [1.807, 2.05) is 37.3 Å². The number of ether oxygens (including phenoxy) is 1. The third kappa shape index (κ3) is 7.83. The van der Waals surface area contributed by atoms with Crippen molar-refractivity contribution in [2.75, 3.05) is 26.2 Å². The van der Waals surface area contributed by atoms with Crippen LogP contribution in [0.2, 0.25) is 0 Å². The van der Waals surface area contributed by atoms with Gasteiger partial charge in [-0.25, -0.2) is 0 Å². The first kappa shape index (κ1) is 25.2. The number of halogens is 1. The summed E-state index contributed by atoms with van der Waals surface area (Å²) < 4.78 is 5.59. The molecule has 0 radical (unpaired) electrons. The molecule has 0 saturated heterocycles. The Kier molecular flexibility index (Phi) is 10.8. The molecule has 1 heterocycles. The number of para-hydroxylation sites is 1. The first-order valence-electron chi connectivity index (χ1n) is 10.5. The lowest BCUT2D eigenvalue weighted by atomic mass is 10.1. The zero-order valence-corrected chi connectivity index (χ0v) is 20.6. The molecule has 168 valence electrons. The molecule has 0 aliphatic heterocycles. The van der Waals surface area contributed by atoms with Crippen molar-refractivity contribution in [3.05, 3.63) is 71.4 Å². The molecule has 1 aromatic heterocycles. The van der Waals surface area contributed by atoms with Gasteiger partial charge in [0.25, 0.3) is 0 Å². The molecule has 1 atom stereocenters. The van der Waals surface area contributed by atoms with Crippen LogP contribution in [0, 0.1) is 6.92 Å². The van der Waals surface area contributed by atoms with E-state index in [1.165, 1.54) is 22.0 Å². The smallest absolute Gasteiger partial charge is 0.191 e. The molecule has 0 bridgehead atoms. The van der Waals surface area contributed by atoms with Crippen LogP contribution in [-0.4, -0.2) is 48.4 Å². The van der Waals surface area contributed by atoms with E-state index in [2.05, 4.69) is 51.9 Å². The molecule has 3 rings (SSSR count). The van der Waals surface area contributed by atoms with E-state index in [0.29, 0.717) is 12.6 Å². The molecule has 3 aromatic rings. The van der Waals surface area contributed by atoms with Crippen molar-refractivity contribution in [3.63, 3.8) is 0 Å². The number of nitrogens with zero attached hydrogens (tertiary/aromatic N) is 1. The fourth-order valence-electron chi connectivity index (χ4n) is 3.36. The summed E-state index contributed by atoms with van der Waals surface area (Å²) in [4.78, 5) is 7.86. The number of guanidine groups is 1. The number of nitrogens with one attached hydrogen (secondary N) is 3. The second-order valence-corrected chi connectivity index (χ2v) is 7.36. The number of aliphatic hydroxyl groups excluding tert-OH is 1. The number of aliphatic imine (C=N–C) groups is 1. The number of aromatic amines is 1. The molecule has 7 heteroatoms. The molecule has 4 N–H and O–H groups in total. The maximum atomic E-state index is 10.2. The monoisotopic (exact) mass is 536 g/mol. The van der Waals surface area contributed by atoms with Gasteiger partial charge in [-0.1, -0.05) is 48.5 Å².